The number of benzene rings is 2. The standard InChI is InChI=1S/C22H27FN4O3.C4H8/c1-3-12-25(2)13-4-5-16-15-26(21-11-6-17(23)14-20(16)21)22(28)24-18-7-9-19(10-8-18)27(29)30;1-4-2-3-4/h6-11,14,16H,3-5,12-13,15H2,1-2H3,(H,24,28);4H,2-3H2,1H3. The van der Waals surface area contributed by atoms with Gasteiger partial charge in [0, 0.05) is 36.0 Å². The zero-order valence-electron chi connectivity index (χ0n) is 20.3. The van der Waals surface area contributed by atoms with Crippen LogP contribution in [0.2, 0.25) is 0 Å². The molecule has 184 valence electrons. The smallest absolute Gasteiger partial charge is 0.308 e. The molecule has 1 saturated carbocycles. The van der Waals surface area contributed by atoms with Gasteiger partial charge in [-0.3, -0.25) is 15.0 Å². The first-order valence-electron chi connectivity index (χ1n) is 12.1. The first-order valence-corrected chi connectivity index (χ1v) is 12.1. The molecule has 2 aromatic carbocycles. The van der Waals surface area contributed by atoms with Crippen molar-refractivity contribution < 1.29 is 14.1 Å². The largest absolute Gasteiger partial charge is 0.326 e. The molecule has 0 saturated heterocycles. The average Bonchev–Trinajstić information content (AvgIpc) is 3.50. The maximum Gasteiger partial charge on any atom is 0.326 e. The molecule has 4 rings (SSSR count). The third-order valence-corrected chi connectivity index (χ3v) is 6.26. The summed E-state index contributed by atoms with van der Waals surface area (Å²) in [7, 11) is 2.09. The second-order valence-corrected chi connectivity index (χ2v) is 9.37. The van der Waals surface area contributed by atoms with Crippen LogP contribution < -0.4 is 10.2 Å². The Labute approximate surface area is 201 Å². The lowest BCUT2D eigenvalue weighted by Gasteiger charge is -2.19. The number of hydrogen-bond donors (Lipinski definition) is 1. The van der Waals surface area contributed by atoms with Gasteiger partial charge < -0.3 is 10.2 Å². The number of hydrogen-bond acceptors (Lipinski definition) is 4. The molecule has 2 aromatic rings. The van der Waals surface area contributed by atoms with Gasteiger partial charge in [0.25, 0.3) is 5.69 Å². The molecule has 0 aromatic heterocycles. The fraction of sp³-hybridized carbons (Fsp3) is 0.500. The van der Waals surface area contributed by atoms with Crippen molar-refractivity contribution in [1.29, 1.82) is 0 Å². The molecule has 1 atom stereocenters. The van der Waals surface area contributed by atoms with E-state index in [-0.39, 0.29) is 23.5 Å². The summed E-state index contributed by atoms with van der Waals surface area (Å²) in [6.07, 6.45) is 5.91. The van der Waals surface area contributed by atoms with Gasteiger partial charge in [0.1, 0.15) is 5.82 Å². The zero-order chi connectivity index (χ0) is 24.7. The van der Waals surface area contributed by atoms with Crippen LogP contribution in [0, 0.1) is 21.8 Å². The zero-order valence-corrected chi connectivity index (χ0v) is 20.3. The van der Waals surface area contributed by atoms with Crippen molar-refractivity contribution in [3.05, 3.63) is 64.0 Å². The molecule has 2 amide bonds. The molecule has 1 unspecified atom stereocenters. The number of rotatable bonds is 8. The van der Waals surface area contributed by atoms with Gasteiger partial charge in [0.05, 0.1) is 4.92 Å². The van der Waals surface area contributed by atoms with E-state index in [1.165, 1.54) is 49.2 Å². The number of nitrogens with one attached hydrogen (secondary N) is 1. The Hall–Kier alpha value is -3.00. The van der Waals surface area contributed by atoms with Crippen LogP contribution in [0.25, 0.3) is 0 Å². The third kappa shape index (κ3) is 7.25. The number of nitro benzene ring substituents is 1. The van der Waals surface area contributed by atoms with Crippen LogP contribution in [-0.2, 0) is 0 Å². The molecule has 34 heavy (non-hydrogen) atoms. The molecule has 8 heteroatoms. The number of nitrogens with zero attached hydrogens (tertiary/aromatic N) is 3. The second-order valence-electron chi connectivity index (χ2n) is 9.37. The minimum Gasteiger partial charge on any atom is -0.308 e. The molecule has 1 heterocycles. The van der Waals surface area contributed by atoms with Crippen LogP contribution in [0.15, 0.2) is 42.5 Å². The van der Waals surface area contributed by atoms with Crippen molar-refractivity contribution in [1.82, 2.24) is 4.90 Å². The predicted molar refractivity (Wildman–Crippen MR) is 134 cm³/mol. The number of fused-ring (bicyclic) bond motifs is 1. The molecule has 1 aliphatic heterocycles. The van der Waals surface area contributed by atoms with E-state index in [1.807, 2.05) is 0 Å². The first-order chi connectivity index (χ1) is 16.3. The molecular weight excluding hydrogens is 435 g/mol. The molecule has 2 aliphatic rings. The maximum atomic E-state index is 13.9. The summed E-state index contributed by atoms with van der Waals surface area (Å²) in [5.41, 5.74) is 2.00. The number of nitro groups is 1. The molecule has 1 fully saturated rings. The van der Waals surface area contributed by atoms with Gasteiger partial charge in [-0.2, -0.15) is 0 Å². The van der Waals surface area contributed by atoms with Gasteiger partial charge in [0.2, 0.25) is 0 Å². The average molecular weight is 471 g/mol. The minimum atomic E-state index is -0.487. The van der Waals surface area contributed by atoms with E-state index in [0.29, 0.717) is 17.9 Å². The number of non-ortho nitro benzene ring substituents is 1. The van der Waals surface area contributed by atoms with Crippen molar-refractivity contribution in [3.63, 3.8) is 0 Å². The van der Waals surface area contributed by atoms with E-state index in [2.05, 4.69) is 31.1 Å². The van der Waals surface area contributed by atoms with Crippen molar-refractivity contribution in [2.45, 2.75) is 51.9 Å². The highest BCUT2D eigenvalue weighted by molar-refractivity contribution is 6.03. The van der Waals surface area contributed by atoms with Gasteiger partial charge in [-0.1, -0.05) is 26.7 Å². The SMILES string of the molecule is CC1CC1.CCCN(C)CCCC1CN(C(=O)Nc2ccc([N+](=O)[O-])cc2)c2ccc(F)cc21. The third-order valence-electron chi connectivity index (χ3n) is 6.26. The monoisotopic (exact) mass is 470 g/mol. The molecular formula is C26H35FN4O3. The Morgan fingerprint density at radius 2 is 1.88 bits per heavy atom. The van der Waals surface area contributed by atoms with Crippen molar-refractivity contribution in [2.75, 3.05) is 36.9 Å². The van der Waals surface area contributed by atoms with Crippen LogP contribution in [0.4, 0.5) is 26.2 Å². The Morgan fingerprint density at radius 1 is 1.21 bits per heavy atom. The summed E-state index contributed by atoms with van der Waals surface area (Å²) < 4.78 is 13.9. The van der Waals surface area contributed by atoms with Crippen LogP contribution in [-0.4, -0.2) is 42.5 Å². The highest BCUT2D eigenvalue weighted by Gasteiger charge is 2.32. The van der Waals surface area contributed by atoms with Gasteiger partial charge in [-0.25, -0.2) is 9.18 Å². The van der Waals surface area contributed by atoms with E-state index >= 15 is 0 Å². The Balaban J connectivity index is 0.000000732. The number of amides is 2. The van der Waals surface area contributed by atoms with E-state index in [4.69, 9.17) is 0 Å². The summed E-state index contributed by atoms with van der Waals surface area (Å²) in [5, 5.41) is 13.6. The summed E-state index contributed by atoms with van der Waals surface area (Å²) in [5.74, 6) is 0.854. The Morgan fingerprint density at radius 3 is 2.47 bits per heavy atom. The quantitative estimate of drug-likeness (QED) is 0.357. The fourth-order valence-electron chi connectivity index (χ4n) is 4.08. The molecule has 0 bridgehead atoms. The van der Waals surface area contributed by atoms with Gasteiger partial charge in [-0.05, 0) is 81.2 Å². The van der Waals surface area contributed by atoms with E-state index in [9.17, 15) is 19.3 Å². The lowest BCUT2D eigenvalue weighted by Crippen LogP contribution is -2.34. The Bertz CT molecular complexity index is 979. The van der Waals surface area contributed by atoms with Crippen LogP contribution in [0.3, 0.4) is 0 Å². The lowest BCUT2D eigenvalue weighted by atomic mass is 9.96. The van der Waals surface area contributed by atoms with Gasteiger partial charge >= 0.3 is 6.03 Å². The predicted octanol–water partition coefficient (Wildman–Crippen LogP) is 6.41. The van der Waals surface area contributed by atoms with Crippen molar-refractivity contribution in [2.24, 2.45) is 5.92 Å². The molecule has 7 nitrogen and oxygen atoms in total. The van der Waals surface area contributed by atoms with E-state index < -0.39 is 4.92 Å². The maximum absolute atomic E-state index is 13.9. The molecule has 1 N–H and O–H groups in total. The Kier molecular flexibility index (Phi) is 8.98. The summed E-state index contributed by atoms with van der Waals surface area (Å²) in [6, 6.07) is 9.89. The van der Waals surface area contributed by atoms with Gasteiger partial charge in [0.15, 0.2) is 0 Å². The van der Waals surface area contributed by atoms with E-state index in [1.54, 1.807) is 11.0 Å². The van der Waals surface area contributed by atoms with Crippen LogP contribution >= 0.6 is 0 Å². The summed E-state index contributed by atoms with van der Waals surface area (Å²) >= 11 is 0. The second kappa shape index (κ2) is 11.9. The number of halogens is 1. The molecule has 1 aliphatic carbocycles. The lowest BCUT2D eigenvalue weighted by molar-refractivity contribution is -0.384. The molecule has 0 spiro atoms. The first kappa shape index (κ1) is 25.6. The highest BCUT2D eigenvalue weighted by atomic mass is 19.1. The number of carbonyl (C=O) groups excluding carboxylic acids is 1. The van der Waals surface area contributed by atoms with Crippen molar-refractivity contribution >= 4 is 23.1 Å². The fourth-order valence-corrected chi connectivity index (χ4v) is 4.08. The number of anilines is 2. The molecule has 0 radical (unpaired) electrons. The highest BCUT2D eigenvalue weighted by Crippen LogP contribution is 2.39. The topological polar surface area (TPSA) is 78.7 Å². The van der Waals surface area contributed by atoms with E-state index in [0.717, 1.165) is 43.8 Å². The summed E-state index contributed by atoms with van der Waals surface area (Å²) in [6.45, 7) is 6.91. The summed E-state index contributed by atoms with van der Waals surface area (Å²) in [4.78, 5) is 27.1. The number of urea groups is 1. The van der Waals surface area contributed by atoms with Crippen molar-refractivity contribution in [3.8, 4) is 0 Å². The number of carbonyl (C=O) groups is 1. The van der Waals surface area contributed by atoms with Gasteiger partial charge in [-0.15, -0.1) is 0 Å². The van der Waals surface area contributed by atoms with Crippen LogP contribution in [0.5, 0.6) is 0 Å². The normalized spacial score (nSPS) is 16.6. The van der Waals surface area contributed by atoms with Crippen LogP contribution in [0.1, 0.15) is 57.4 Å². The minimum absolute atomic E-state index is 0.0388.